The lowest BCUT2D eigenvalue weighted by Gasteiger charge is -1.96. The SMILES string of the molecule is [3H]CCOC(=O)CCC=O. The van der Waals surface area contributed by atoms with E-state index in [1.165, 1.54) is 0 Å². The number of hydrogen-bond acceptors (Lipinski definition) is 3. The van der Waals surface area contributed by atoms with Gasteiger partial charge in [0.15, 0.2) is 0 Å². The molecule has 0 aliphatic rings. The van der Waals surface area contributed by atoms with Gasteiger partial charge in [0.2, 0.25) is 0 Å². The Morgan fingerprint density at radius 2 is 2.67 bits per heavy atom. The predicted molar refractivity (Wildman–Crippen MR) is 31.9 cm³/mol. The van der Waals surface area contributed by atoms with Crippen LogP contribution in [0.1, 0.15) is 21.1 Å². The molecule has 0 saturated carbocycles. The number of rotatable bonds is 4. The van der Waals surface area contributed by atoms with Crippen LogP contribution in [-0.2, 0) is 14.3 Å². The average molecular weight is 132 g/mol. The summed E-state index contributed by atoms with van der Waals surface area (Å²) in [6.45, 7) is 0.199. The molecule has 0 bridgehead atoms. The summed E-state index contributed by atoms with van der Waals surface area (Å²) < 4.78 is 11.1. The first-order valence-corrected chi connectivity index (χ1v) is 2.69. The van der Waals surface area contributed by atoms with Crippen LogP contribution in [0.25, 0.3) is 0 Å². The van der Waals surface area contributed by atoms with Crippen LogP contribution in [0, 0.1) is 0 Å². The van der Waals surface area contributed by atoms with Crippen LogP contribution in [0.5, 0.6) is 0 Å². The smallest absolute Gasteiger partial charge is 0.306 e. The molecule has 0 saturated heterocycles. The third-order valence-corrected chi connectivity index (χ3v) is 0.729. The second-order valence-corrected chi connectivity index (χ2v) is 1.43. The van der Waals surface area contributed by atoms with Gasteiger partial charge >= 0.3 is 5.97 Å². The summed E-state index contributed by atoms with van der Waals surface area (Å²) in [5, 5.41) is 0. The Balaban J connectivity index is 3.16. The highest BCUT2D eigenvalue weighted by Crippen LogP contribution is 1.88. The number of ether oxygens (including phenoxy) is 1. The normalized spacial score (nSPS) is 10.0. The summed E-state index contributed by atoms with van der Waals surface area (Å²) in [7, 11) is 0. The van der Waals surface area contributed by atoms with Crippen molar-refractivity contribution in [1.29, 1.82) is 0 Å². The molecular weight excluding hydrogens is 120 g/mol. The van der Waals surface area contributed by atoms with Crippen molar-refractivity contribution in [1.82, 2.24) is 0 Å². The highest BCUT2D eigenvalue weighted by molar-refractivity contribution is 5.72. The first kappa shape index (κ1) is 6.26. The van der Waals surface area contributed by atoms with Crippen molar-refractivity contribution < 1.29 is 15.7 Å². The van der Waals surface area contributed by atoms with Crippen LogP contribution in [0.3, 0.4) is 0 Å². The van der Waals surface area contributed by atoms with E-state index < -0.39 is 5.97 Å². The average Bonchev–Trinajstić information content (AvgIpc) is 1.97. The number of esters is 1. The van der Waals surface area contributed by atoms with Gasteiger partial charge in [0.1, 0.15) is 6.29 Å². The van der Waals surface area contributed by atoms with Gasteiger partial charge in [-0.1, -0.05) is 0 Å². The van der Waals surface area contributed by atoms with Crippen molar-refractivity contribution in [3.63, 3.8) is 0 Å². The molecule has 0 rings (SSSR count). The summed E-state index contributed by atoms with van der Waals surface area (Å²) in [4.78, 5) is 20.2. The molecule has 0 radical (unpaired) electrons. The van der Waals surface area contributed by atoms with Crippen LogP contribution in [0.2, 0.25) is 0 Å². The number of aldehydes is 1. The van der Waals surface area contributed by atoms with Crippen molar-refractivity contribution in [2.75, 3.05) is 6.61 Å². The summed E-state index contributed by atoms with van der Waals surface area (Å²) >= 11 is 0. The topological polar surface area (TPSA) is 43.4 Å². The highest BCUT2D eigenvalue weighted by Gasteiger charge is 1.97. The second-order valence-electron chi connectivity index (χ2n) is 1.43. The van der Waals surface area contributed by atoms with Crippen LogP contribution < -0.4 is 0 Å². The predicted octanol–water partition coefficient (Wildman–Crippen LogP) is 0.529. The molecule has 0 aromatic carbocycles. The molecule has 3 nitrogen and oxygen atoms in total. The van der Waals surface area contributed by atoms with Crippen LogP contribution in [0.4, 0.5) is 0 Å². The van der Waals surface area contributed by atoms with Gasteiger partial charge in [-0.25, -0.2) is 0 Å². The van der Waals surface area contributed by atoms with E-state index in [0.717, 1.165) is 0 Å². The van der Waals surface area contributed by atoms with Gasteiger partial charge in [-0.05, 0) is 6.90 Å². The van der Waals surface area contributed by atoms with Gasteiger partial charge in [0.05, 0.1) is 13.0 Å². The number of carbonyl (C=O) groups excluding carboxylic acids is 2. The van der Waals surface area contributed by atoms with E-state index in [1.54, 1.807) is 0 Å². The Hall–Kier alpha value is -0.860. The van der Waals surface area contributed by atoms with Crippen LogP contribution in [-0.4, -0.2) is 18.9 Å². The van der Waals surface area contributed by atoms with Gasteiger partial charge in [-0.3, -0.25) is 4.79 Å². The molecule has 9 heavy (non-hydrogen) atoms. The first-order chi connectivity index (χ1) is 4.81. The zero-order valence-corrected chi connectivity index (χ0v) is 5.13. The summed E-state index contributed by atoms with van der Waals surface area (Å²) in [5.41, 5.74) is 0. The summed E-state index contributed by atoms with van der Waals surface area (Å²) in [6, 6.07) is 0. The minimum atomic E-state index is -0.403. The van der Waals surface area contributed by atoms with Gasteiger partial charge in [0, 0.05) is 7.79 Å². The monoisotopic (exact) mass is 132 g/mol. The standard InChI is InChI=1S/C6H10O3/c1-2-9-6(8)4-3-5-7/h5H,2-4H2,1H3/i1T. The zero-order chi connectivity index (χ0) is 7.82. The summed E-state index contributed by atoms with van der Waals surface area (Å²) in [5.74, 6) is -0.403. The molecule has 0 fully saturated rings. The first-order valence-electron chi connectivity index (χ1n) is 3.40. The maximum atomic E-state index is 10.5. The Bertz CT molecular complexity index is 114. The van der Waals surface area contributed by atoms with Crippen molar-refractivity contribution in [3.8, 4) is 0 Å². The Labute approximate surface area is 55.4 Å². The van der Waals surface area contributed by atoms with E-state index in [2.05, 4.69) is 4.74 Å². The lowest BCUT2D eigenvalue weighted by atomic mass is 10.3. The quantitative estimate of drug-likeness (QED) is 0.414. The van der Waals surface area contributed by atoms with Gasteiger partial charge in [-0.15, -0.1) is 0 Å². The van der Waals surface area contributed by atoms with E-state index in [4.69, 9.17) is 1.37 Å². The van der Waals surface area contributed by atoms with Gasteiger partial charge < -0.3 is 9.53 Å². The minimum absolute atomic E-state index is 0.0762. The molecule has 0 aliphatic carbocycles. The fourth-order valence-corrected chi connectivity index (χ4v) is 0.363. The van der Waals surface area contributed by atoms with E-state index >= 15 is 0 Å². The fourth-order valence-electron chi connectivity index (χ4n) is 0.363. The number of hydrogen-bond donors (Lipinski definition) is 0. The van der Waals surface area contributed by atoms with Gasteiger partial charge in [-0.2, -0.15) is 0 Å². The molecule has 0 aromatic heterocycles. The molecule has 0 atom stereocenters. The van der Waals surface area contributed by atoms with E-state index in [0.29, 0.717) is 6.29 Å². The van der Waals surface area contributed by atoms with Crippen molar-refractivity contribution in [2.24, 2.45) is 0 Å². The van der Waals surface area contributed by atoms with Gasteiger partial charge in [0.25, 0.3) is 0 Å². The Morgan fingerprint density at radius 1 is 1.89 bits per heavy atom. The third-order valence-electron chi connectivity index (χ3n) is 0.729. The lowest BCUT2D eigenvalue weighted by molar-refractivity contribution is -0.143. The van der Waals surface area contributed by atoms with Crippen molar-refractivity contribution in [3.05, 3.63) is 0 Å². The van der Waals surface area contributed by atoms with E-state index in [-0.39, 0.29) is 26.3 Å². The van der Waals surface area contributed by atoms with Crippen molar-refractivity contribution >= 4 is 12.3 Å². The van der Waals surface area contributed by atoms with E-state index in [9.17, 15) is 9.59 Å². The maximum Gasteiger partial charge on any atom is 0.306 e. The number of carbonyl (C=O) groups is 2. The maximum absolute atomic E-state index is 10.5. The molecule has 3 heteroatoms. The third kappa shape index (κ3) is 5.00. The molecule has 0 spiro atoms. The Kier molecular flexibility index (Phi) is 3.67. The van der Waals surface area contributed by atoms with Crippen LogP contribution in [0.15, 0.2) is 0 Å². The summed E-state index contributed by atoms with van der Waals surface area (Å²) in [6.07, 6.45) is 1.00. The van der Waals surface area contributed by atoms with Crippen LogP contribution >= 0.6 is 0 Å². The zero-order valence-electron chi connectivity index (χ0n) is 6.13. The minimum Gasteiger partial charge on any atom is -0.466 e. The molecule has 0 amide bonds. The molecule has 0 aliphatic heterocycles. The molecule has 52 valence electrons. The molecule has 0 heterocycles. The largest absolute Gasteiger partial charge is 0.466 e. The molecular formula is C6H10O3. The second kappa shape index (κ2) is 5.28. The lowest BCUT2D eigenvalue weighted by Crippen LogP contribution is -2.03. The fraction of sp³-hybridized carbons (Fsp3) is 0.667. The molecule has 0 aromatic rings. The van der Waals surface area contributed by atoms with Crippen molar-refractivity contribution in [2.45, 2.75) is 19.7 Å². The Morgan fingerprint density at radius 3 is 3.22 bits per heavy atom. The van der Waals surface area contributed by atoms with E-state index in [1.807, 2.05) is 0 Å². The highest BCUT2D eigenvalue weighted by atomic mass is 16.5. The molecule has 0 N–H and O–H groups in total. The molecule has 0 unspecified atom stereocenters.